The van der Waals surface area contributed by atoms with Gasteiger partial charge in [0.1, 0.15) is 26.8 Å². The number of halogens is 5. The number of hydrogen-bond donors (Lipinski definition) is 1. The van der Waals surface area contributed by atoms with Crippen LogP contribution < -0.4 is 14.9 Å². The Balaban J connectivity index is 1.62. The number of carbonyl (C=O) groups is 1. The molecule has 1 fully saturated rings. The molecule has 4 rings (SSSR count). The number of aromatic nitrogens is 1. The van der Waals surface area contributed by atoms with Crippen molar-refractivity contribution in [1.82, 2.24) is 4.98 Å². The van der Waals surface area contributed by atoms with Gasteiger partial charge in [-0.25, -0.2) is 27.9 Å². The summed E-state index contributed by atoms with van der Waals surface area (Å²) >= 11 is 0.450. The Morgan fingerprint density at radius 2 is 1.70 bits per heavy atom. The van der Waals surface area contributed by atoms with Crippen LogP contribution in [-0.2, 0) is 17.2 Å². The van der Waals surface area contributed by atoms with Gasteiger partial charge in [-0.05, 0) is 42.3 Å². The van der Waals surface area contributed by atoms with Crippen LogP contribution in [0.2, 0.25) is 0 Å². The second-order valence-corrected chi connectivity index (χ2v) is 9.28. The van der Waals surface area contributed by atoms with E-state index in [0.29, 0.717) is 29.0 Å². The molecule has 6 nitrogen and oxygen atoms in total. The van der Waals surface area contributed by atoms with Crippen molar-refractivity contribution >= 4 is 39.2 Å². The van der Waals surface area contributed by atoms with Crippen molar-refractivity contribution in [2.24, 2.45) is 5.14 Å². The van der Waals surface area contributed by atoms with Crippen LogP contribution in [0, 0.1) is 11.6 Å². The molecule has 0 saturated carbocycles. The molecule has 2 amide bonds. The molecule has 1 saturated heterocycles. The summed E-state index contributed by atoms with van der Waals surface area (Å²) in [5, 5.41) is 4.91. The van der Waals surface area contributed by atoms with Gasteiger partial charge in [-0.1, -0.05) is 23.5 Å². The van der Waals surface area contributed by atoms with Gasteiger partial charge in [0.2, 0.25) is 0 Å². The van der Waals surface area contributed by atoms with Gasteiger partial charge < -0.3 is 0 Å². The molecule has 1 atom stereocenters. The van der Waals surface area contributed by atoms with Gasteiger partial charge in [0.25, 0.3) is 0 Å². The number of urea groups is 1. The van der Waals surface area contributed by atoms with Crippen LogP contribution in [0.4, 0.5) is 37.6 Å². The standard InChI is InChI=1S/C20H15F5N4O2S2/c21-12-4-7-15(22)14(10-12)11-2-5-13(6-3-11)28-8-1-9-29(19(28)30)18-27-16(20(23,24)25)17(32-18)33(26)31/h2-7,10H,1,8-9,26H2. The fourth-order valence-electron chi connectivity index (χ4n) is 3.41. The monoisotopic (exact) mass is 502 g/mol. The Labute approximate surface area is 191 Å². The van der Waals surface area contributed by atoms with Gasteiger partial charge >= 0.3 is 12.2 Å². The lowest BCUT2D eigenvalue weighted by atomic mass is 10.0. The molecule has 0 spiro atoms. The molecule has 1 unspecified atom stereocenters. The van der Waals surface area contributed by atoms with Gasteiger partial charge in [0, 0.05) is 24.3 Å². The summed E-state index contributed by atoms with van der Waals surface area (Å²) < 4.78 is 78.2. The lowest BCUT2D eigenvalue weighted by Gasteiger charge is -2.34. The van der Waals surface area contributed by atoms with Gasteiger partial charge in [-0.15, -0.1) is 0 Å². The fraction of sp³-hybridized carbons (Fsp3) is 0.200. The third-order valence-electron chi connectivity index (χ3n) is 4.91. The molecule has 1 aliphatic heterocycles. The molecule has 1 aliphatic rings. The topological polar surface area (TPSA) is 79.5 Å². The van der Waals surface area contributed by atoms with Gasteiger partial charge in [0.05, 0.1) is 0 Å². The first-order valence-electron chi connectivity index (χ1n) is 9.45. The van der Waals surface area contributed by atoms with Gasteiger partial charge in [-0.3, -0.25) is 9.80 Å². The van der Waals surface area contributed by atoms with Crippen LogP contribution in [0.1, 0.15) is 12.1 Å². The van der Waals surface area contributed by atoms with E-state index in [1.165, 1.54) is 29.2 Å². The average molecular weight is 502 g/mol. The maximum atomic E-state index is 14.0. The number of amides is 2. The molecule has 2 N–H and O–H groups in total. The van der Waals surface area contributed by atoms with Crippen LogP contribution in [0.25, 0.3) is 11.1 Å². The maximum absolute atomic E-state index is 14.0. The summed E-state index contributed by atoms with van der Waals surface area (Å²) in [4.78, 5) is 18.9. The minimum Gasteiger partial charge on any atom is -0.294 e. The molecule has 1 aromatic heterocycles. The number of thiazole rings is 1. The van der Waals surface area contributed by atoms with Crippen molar-refractivity contribution in [1.29, 1.82) is 0 Å². The average Bonchev–Trinajstić information content (AvgIpc) is 3.22. The number of carbonyl (C=O) groups excluding carboxylic acids is 1. The number of hydrogen-bond acceptors (Lipinski definition) is 4. The van der Waals surface area contributed by atoms with Crippen molar-refractivity contribution < 1.29 is 31.0 Å². The third kappa shape index (κ3) is 4.61. The largest absolute Gasteiger partial charge is 0.435 e. The zero-order valence-corrected chi connectivity index (χ0v) is 18.2. The van der Waals surface area contributed by atoms with E-state index in [9.17, 15) is 31.0 Å². The summed E-state index contributed by atoms with van der Waals surface area (Å²) in [6.07, 6.45) is -4.45. The zero-order valence-electron chi connectivity index (χ0n) is 16.6. The van der Waals surface area contributed by atoms with Crippen LogP contribution in [0.5, 0.6) is 0 Å². The fourth-order valence-corrected chi connectivity index (χ4v) is 5.15. The Morgan fingerprint density at radius 3 is 2.30 bits per heavy atom. The summed E-state index contributed by atoms with van der Waals surface area (Å²) in [5.74, 6) is -1.21. The molecule has 174 valence electrons. The van der Waals surface area contributed by atoms with Crippen molar-refractivity contribution in [2.75, 3.05) is 22.9 Å². The summed E-state index contributed by atoms with van der Waals surface area (Å²) in [7, 11) is -2.42. The summed E-state index contributed by atoms with van der Waals surface area (Å²) in [5.41, 5.74) is -0.519. The van der Waals surface area contributed by atoms with E-state index in [2.05, 4.69) is 4.98 Å². The first-order chi connectivity index (χ1) is 15.6. The molecule has 33 heavy (non-hydrogen) atoms. The number of nitrogens with two attached hydrogens (primary N) is 1. The lowest BCUT2D eigenvalue weighted by molar-refractivity contribution is -0.142. The molecule has 0 aliphatic carbocycles. The highest BCUT2D eigenvalue weighted by Gasteiger charge is 2.41. The van der Waals surface area contributed by atoms with Crippen LogP contribution in [0.3, 0.4) is 0 Å². The number of alkyl halides is 3. The van der Waals surface area contributed by atoms with Gasteiger partial charge in [0.15, 0.2) is 10.8 Å². The normalized spacial score (nSPS) is 15.8. The van der Waals surface area contributed by atoms with E-state index in [0.717, 1.165) is 23.1 Å². The maximum Gasteiger partial charge on any atom is 0.435 e. The number of nitrogens with zero attached hydrogens (tertiary/aromatic N) is 3. The van der Waals surface area contributed by atoms with Crippen LogP contribution in [0.15, 0.2) is 46.7 Å². The SMILES string of the molecule is NS(=O)c1sc(N2CCCN(c3ccc(-c4cc(F)ccc4F)cc3)C2=O)nc1C(F)(F)F. The van der Waals surface area contributed by atoms with Crippen LogP contribution >= 0.6 is 11.3 Å². The third-order valence-corrected chi connectivity index (χ3v) is 7.09. The van der Waals surface area contributed by atoms with E-state index < -0.39 is 44.7 Å². The Bertz CT molecular complexity index is 1230. The number of anilines is 2. The van der Waals surface area contributed by atoms with Gasteiger partial charge in [-0.2, -0.15) is 13.2 Å². The first-order valence-corrected chi connectivity index (χ1v) is 11.5. The van der Waals surface area contributed by atoms with E-state index in [4.69, 9.17) is 5.14 Å². The Morgan fingerprint density at radius 1 is 1.03 bits per heavy atom. The smallest absolute Gasteiger partial charge is 0.294 e. The highest BCUT2D eigenvalue weighted by molar-refractivity contribution is 7.85. The molecule has 2 aromatic carbocycles. The molecule has 3 aromatic rings. The minimum absolute atomic E-state index is 0.0536. The second-order valence-electron chi connectivity index (χ2n) is 7.04. The van der Waals surface area contributed by atoms with Crippen molar-refractivity contribution in [3.05, 3.63) is 59.8 Å². The van der Waals surface area contributed by atoms with Crippen molar-refractivity contribution in [3.8, 4) is 11.1 Å². The van der Waals surface area contributed by atoms with Crippen molar-refractivity contribution in [3.63, 3.8) is 0 Å². The number of rotatable bonds is 4. The highest BCUT2D eigenvalue weighted by Crippen LogP contribution is 2.39. The first kappa shape index (κ1) is 23.3. The Hall–Kier alpha value is -2.90. The summed E-state index contributed by atoms with van der Waals surface area (Å²) in [6, 6.07) is 8.54. The van der Waals surface area contributed by atoms with Crippen molar-refractivity contribution in [2.45, 2.75) is 16.8 Å². The van der Waals surface area contributed by atoms with Crippen LogP contribution in [-0.4, -0.2) is 28.3 Å². The zero-order chi connectivity index (χ0) is 23.9. The van der Waals surface area contributed by atoms with E-state index in [1.54, 1.807) is 0 Å². The molecular weight excluding hydrogens is 487 g/mol. The highest BCUT2D eigenvalue weighted by atomic mass is 32.2. The second kappa shape index (κ2) is 8.80. The lowest BCUT2D eigenvalue weighted by Crippen LogP contribution is -2.49. The minimum atomic E-state index is -4.88. The number of benzene rings is 2. The summed E-state index contributed by atoms with van der Waals surface area (Å²) in [6.45, 7) is 0.402. The predicted octanol–water partition coefficient (Wildman–Crippen LogP) is 4.93. The van der Waals surface area contributed by atoms with E-state index in [1.807, 2.05) is 0 Å². The van der Waals surface area contributed by atoms with E-state index in [-0.39, 0.29) is 23.8 Å². The predicted molar refractivity (Wildman–Crippen MR) is 114 cm³/mol. The Kier molecular flexibility index (Phi) is 6.20. The molecule has 0 radical (unpaired) electrons. The quantitative estimate of drug-likeness (QED) is 0.514. The molecule has 2 heterocycles. The van der Waals surface area contributed by atoms with E-state index >= 15 is 0 Å². The molecule has 13 heteroatoms. The molecular formula is C20H15F5N4O2S2. The molecule has 0 bridgehead atoms.